The molecule has 4 nitrogen and oxygen atoms in total. The molecule has 0 spiro atoms. The van der Waals surface area contributed by atoms with Crippen molar-refractivity contribution in [3.05, 3.63) is 0 Å². The fourth-order valence-electron chi connectivity index (χ4n) is 2.47. The Bertz CT molecular complexity index is 210. The second kappa shape index (κ2) is 5.45. The Kier molecular flexibility index (Phi) is 4.19. The molecule has 2 N–H and O–H groups in total. The Morgan fingerprint density at radius 2 is 2.06 bits per heavy atom. The van der Waals surface area contributed by atoms with E-state index >= 15 is 0 Å². The zero-order chi connectivity index (χ0) is 11.4. The molecule has 94 valence electrons. The third-order valence-electron chi connectivity index (χ3n) is 3.81. The highest BCUT2D eigenvalue weighted by molar-refractivity contribution is 4.87. The summed E-state index contributed by atoms with van der Waals surface area (Å²) in [7, 11) is 0. The molecule has 0 aliphatic carbocycles. The first-order valence-electron chi connectivity index (χ1n) is 6.31. The molecule has 0 saturated carbocycles. The van der Waals surface area contributed by atoms with Gasteiger partial charge in [0.15, 0.2) is 0 Å². The number of nitrogens with one attached hydrogen (secondary N) is 1. The lowest BCUT2D eigenvalue weighted by Crippen LogP contribution is -2.47. The zero-order valence-electron chi connectivity index (χ0n) is 10.1. The predicted molar refractivity (Wildman–Crippen MR) is 61.4 cm³/mol. The van der Waals surface area contributed by atoms with Gasteiger partial charge in [0, 0.05) is 38.8 Å². The van der Waals surface area contributed by atoms with Gasteiger partial charge in [-0.2, -0.15) is 0 Å². The van der Waals surface area contributed by atoms with Crippen molar-refractivity contribution in [2.24, 2.45) is 5.92 Å². The van der Waals surface area contributed by atoms with Crippen molar-refractivity contribution in [1.29, 1.82) is 0 Å². The van der Waals surface area contributed by atoms with E-state index in [9.17, 15) is 5.11 Å². The van der Waals surface area contributed by atoms with Crippen LogP contribution in [0.4, 0.5) is 0 Å². The molecular formula is C12H23NO3. The maximum absolute atomic E-state index is 10.1. The number of ether oxygens (including phenoxy) is 2. The van der Waals surface area contributed by atoms with Gasteiger partial charge in [-0.05, 0) is 25.7 Å². The van der Waals surface area contributed by atoms with Crippen LogP contribution < -0.4 is 5.32 Å². The summed E-state index contributed by atoms with van der Waals surface area (Å²) in [6.45, 7) is 5.76. The van der Waals surface area contributed by atoms with E-state index in [2.05, 4.69) is 12.2 Å². The Balaban J connectivity index is 1.71. The Hall–Kier alpha value is -0.160. The highest BCUT2D eigenvalue weighted by Crippen LogP contribution is 2.21. The first-order valence-corrected chi connectivity index (χ1v) is 6.31. The average molecular weight is 229 g/mol. The third kappa shape index (κ3) is 3.17. The van der Waals surface area contributed by atoms with Gasteiger partial charge < -0.3 is 19.9 Å². The summed E-state index contributed by atoms with van der Waals surface area (Å²) in [5.41, 5.74) is -0.639. The van der Waals surface area contributed by atoms with Crippen LogP contribution in [-0.4, -0.2) is 49.7 Å². The van der Waals surface area contributed by atoms with Crippen molar-refractivity contribution in [2.75, 3.05) is 33.0 Å². The molecule has 2 fully saturated rings. The van der Waals surface area contributed by atoms with Crippen LogP contribution >= 0.6 is 0 Å². The minimum atomic E-state index is -0.639. The van der Waals surface area contributed by atoms with E-state index in [0.717, 1.165) is 32.5 Å². The lowest BCUT2D eigenvalue weighted by molar-refractivity contribution is 0.0175. The lowest BCUT2D eigenvalue weighted by atomic mass is 9.92. The first-order chi connectivity index (χ1) is 7.70. The topological polar surface area (TPSA) is 50.7 Å². The molecule has 2 aliphatic heterocycles. The van der Waals surface area contributed by atoms with Gasteiger partial charge >= 0.3 is 0 Å². The van der Waals surface area contributed by atoms with E-state index in [4.69, 9.17) is 9.47 Å². The molecule has 2 saturated heterocycles. The predicted octanol–water partition coefficient (Wildman–Crippen LogP) is 0.542. The summed E-state index contributed by atoms with van der Waals surface area (Å²) >= 11 is 0. The van der Waals surface area contributed by atoms with Crippen molar-refractivity contribution in [2.45, 2.75) is 37.8 Å². The molecule has 2 atom stereocenters. The van der Waals surface area contributed by atoms with Gasteiger partial charge in [0.25, 0.3) is 0 Å². The highest BCUT2D eigenvalue weighted by atomic mass is 16.5. The third-order valence-corrected chi connectivity index (χ3v) is 3.81. The number of hydrogen-bond donors (Lipinski definition) is 2. The summed E-state index contributed by atoms with van der Waals surface area (Å²) < 4.78 is 10.6. The van der Waals surface area contributed by atoms with Crippen LogP contribution in [0.2, 0.25) is 0 Å². The lowest BCUT2D eigenvalue weighted by Gasteiger charge is -2.31. The molecule has 2 heterocycles. The monoisotopic (exact) mass is 229 g/mol. The number of rotatable bonds is 4. The van der Waals surface area contributed by atoms with Crippen LogP contribution in [-0.2, 0) is 9.47 Å². The molecule has 0 amide bonds. The fourth-order valence-corrected chi connectivity index (χ4v) is 2.47. The normalized spacial score (nSPS) is 34.1. The van der Waals surface area contributed by atoms with E-state index in [0.29, 0.717) is 31.7 Å². The van der Waals surface area contributed by atoms with E-state index in [-0.39, 0.29) is 0 Å². The largest absolute Gasteiger partial charge is 0.386 e. The fraction of sp³-hybridized carbons (Fsp3) is 1.00. The highest BCUT2D eigenvalue weighted by Gasteiger charge is 2.33. The van der Waals surface area contributed by atoms with Gasteiger partial charge in [-0.15, -0.1) is 0 Å². The molecular weight excluding hydrogens is 206 g/mol. The summed E-state index contributed by atoms with van der Waals surface area (Å²) in [5.74, 6) is 0.680. The SMILES string of the molecule is CC(NCC1(O)CCOC1)C1CCOCC1. The quantitative estimate of drug-likeness (QED) is 0.739. The van der Waals surface area contributed by atoms with Crippen LogP contribution in [0.5, 0.6) is 0 Å². The maximum atomic E-state index is 10.1. The molecule has 0 aromatic heterocycles. The maximum Gasteiger partial charge on any atom is 0.102 e. The van der Waals surface area contributed by atoms with Gasteiger partial charge in [0.1, 0.15) is 5.60 Å². The first kappa shape index (κ1) is 12.3. The van der Waals surface area contributed by atoms with Crippen LogP contribution in [0, 0.1) is 5.92 Å². The molecule has 2 unspecified atom stereocenters. The minimum absolute atomic E-state index is 0.452. The number of aliphatic hydroxyl groups is 1. The van der Waals surface area contributed by atoms with Gasteiger partial charge in [0.2, 0.25) is 0 Å². The van der Waals surface area contributed by atoms with Crippen LogP contribution in [0.15, 0.2) is 0 Å². The van der Waals surface area contributed by atoms with Gasteiger partial charge in [-0.3, -0.25) is 0 Å². The molecule has 2 aliphatic rings. The van der Waals surface area contributed by atoms with Crippen molar-refractivity contribution in [3.8, 4) is 0 Å². The van der Waals surface area contributed by atoms with Crippen molar-refractivity contribution < 1.29 is 14.6 Å². The van der Waals surface area contributed by atoms with Gasteiger partial charge in [0.05, 0.1) is 6.61 Å². The molecule has 4 heteroatoms. The van der Waals surface area contributed by atoms with E-state index < -0.39 is 5.60 Å². The minimum Gasteiger partial charge on any atom is -0.386 e. The van der Waals surface area contributed by atoms with Crippen molar-refractivity contribution in [1.82, 2.24) is 5.32 Å². The van der Waals surface area contributed by atoms with E-state index in [1.807, 2.05) is 0 Å². The molecule has 16 heavy (non-hydrogen) atoms. The van der Waals surface area contributed by atoms with Gasteiger partial charge in [-0.25, -0.2) is 0 Å². The summed E-state index contributed by atoms with van der Waals surface area (Å²) in [4.78, 5) is 0. The summed E-state index contributed by atoms with van der Waals surface area (Å²) in [6, 6.07) is 0.452. The van der Waals surface area contributed by atoms with Crippen LogP contribution in [0.3, 0.4) is 0 Å². The second-order valence-electron chi connectivity index (χ2n) is 5.15. The second-order valence-corrected chi connectivity index (χ2v) is 5.15. The molecule has 0 aromatic rings. The smallest absolute Gasteiger partial charge is 0.102 e. The molecule has 0 bridgehead atoms. The van der Waals surface area contributed by atoms with Gasteiger partial charge in [-0.1, -0.05) is 0 Å². The zero-order valence-corrected chi connectivity index (χ0v) is 10.1. The Morgan fingerprint density at radius 1 is 1.31 bits per heavy atom. The molecule has 0 radical (unpaired) electrons. The average Bonchev–Trinajstić information content (AvgIpc) is 2.75. The molecule has 2 rings (SSSR count). The van der Waals surface area contributed by atoms with Crippen molar-refractivity contribution >= 4 is 0 Å². The van der Waals surface area contributed by atoms with E-state index in [1.54, 1.807) is 0 Å². The summed E-state index contributed by atoms with van der Waals surface area (Å²) in [5, 5.41) is 13.6. The Labute approximate surface area is 97.3 Å². The Morgan fingerprint density at radius 3 is 2.69 bits per heavy atom. The standard InChI is InChI=1S/C12H23NO3/c1-10(11-2-5-15-6-3-11)13-8-12(14)4-7-16-9-12/h10-11,13-14H,2-9H2,1H3. The van der Waals surface area contributed by atoms with E-state index in [1.165, 1.54) is 0 Å². The van der Waals surface area contributed by atoms with Crippen molar-refractivity contribution in [3.63, 3.8) is 0 Å². The summed E-state index contributed by atoms with van der Waals surface area (Å²) in [6.07, 6.45) is 3.01. The molecule has 0 aromatic carbocycles. The van der Waals surface area contributed by atoms with Crippen LogP contribution in [0.1, 0.15) is 26.2 Å². The van der Waals surface area contributed by atoms with Crippen LogP contribution in [0.25, 0.3) is 0 Å². The number of hydrogen-bond acceptors (Lipinski definition) is 4.